The lowest BCUT2D eigenvalue weighted by Crippen LogP contribution is -2.35. The van der Waals surface area contributed by atoms with Gasteiger partial charge in [-0.05, 0) is 6.42 Å². The topological polar surface area (TPSA) is 124 Å². The van der Waals surface area contributed by atoms with Gasteiger partial charge >= 0.3 is 5.69 Å². The number of carbonyl (C=O) groups is 1. The van der Waals surface area contributed by atoms with Gasteiger partial charge in [-0.15, -0.1) is 10.2 Å². The Bertz CT molecular complexity index is 826. The van der Waals surface area contributed by atoms with Crippen LogP contribution in [-0.2, 0) is 7.05 Å². The second kappa shape index (κ2) is 7.79. The molecule has 0 aromatic carbocycles. The van der Waals surface area contributed by atoms with Gasteiger partial charge in [-0.2, -0.15) is 0 Å². The van der Waals surface area contributed by atoms with Gasteiger partial charge in [0, 0.05) is 12.8 Å². The summed E-state index contributed by atoms with van der Waals surface area (Å²) in [5.41, 5.74) is 4.07. The van der Waals surface area contributed by atoms with E-state index in [1.807, 2.05) is 0 Å². The van der Waals surface area contributed by atoms with Crippen LogP contribution in [0.1, 0.15) is 23.7 Å². The van der Waals surface area contributed by atoms with Crippen molar-refractivity contribution in [1.29, 1.82) is 0 Å². The van der Waals surface area contributed by atoms with Gasteiger partial charge < -0.3 is 5.73 Å². The van der Waals surface area contributed by atoms with Gasteiger partial charge in [0.25, 0.3) is 5.56 Å². The Hall–Kier alpha value is -1.59. The molecule has 3 N–H and O–H groups in total. The number of nitrogens with zero attached hydrogens (tertiary/aromatic N) is 3. The van der Waals surface area contributed by atoms with E-state index in [0.29, 0.717) is 4.34 Å². The van der Waals surface area contributed by atoms with Crippen molar-refractivity contribution in [3.05, 3.63) is 26.4 Å². The predicted octanol–water partition coefficient (Wildman–Crippen LogP) is 0.984. The van der Waals surface area contributed by atoms with Gasteiger partial charge in [-0.3, -0.25) is 19.1 Å². The molecule has 0 aliphatic carbocycles. The number of ketones is 1. The minimum atomic E-state index is -0.771. The minimum absolute atomic E-state index is 0.00143. The molecule has 23 heavy (non-hydrogen) atoms. The summed E-state index contributed by atoms with van der Waals surface area (Å²) in [6.45, 7) is 2.08. The molecule has 11 heteroatoms. The summed E-state index contributed by atoms with van der Waals surface area (Å²) < 4.78 is 2.53. The molecule has 0 saturated heterocycles. The van der Waals surface area contributed by atoms with Gasteiger partial charge in [-0.1, -0.05) is 41.8 Å². The Balaban J connectivity index is 2.09. The Morgan fingerprint density at radius 1 is 1.30 bits per heavy atom. The maximum atomic E-state index is 12.2. The normalized spacial score (nSPS) is 10.9. The van der Waals surface area contributed by atoms with Gasteiger partial charge in [0.05, 0.1) is 5.75 Å². The zero-order chi connectivity index (χ0) is 17.0. The van der Waals surface area contributed by atoms with Crippen molar-refractivity contribution >= 4 is 46.5 Å². The molecule has 0 atom stereocenters. The van der Waals surface area contributed by atoms with Gasteiger partial charge in [0.2, 0.25) is 0 Å². The number of aromatic nitrogens is 4. The number of anilines is 1. The average molecular weight is 373 g/mol. The molecule has 8 nitrogen and oxygen atoms in total. The molecule has 0 bridgehead atoms. The molecule has 0 radical (unpaired) electrons. The molecule has 2 heterocycles. The number of nitrogens with two attached hydrogens (primary N) is 1. The van der Waals surface area contributed by atoms with Gasteiger partial charge in [0.1, 0.15) is 11.4 Å². The average Bonchev–Trinajstić information content (AvgIpc) is 2.96. The summed E-state index contributed by atoms with van der Waals surface area (Å²) in [5, 5.41) is 8.02. The van der Waals surface area contributed by atoms with Gasteiger partial charge in [-0.25, -0.2) is 4.79 Å². The Labute approximate surface area is 143 Å². The number of H-pyrrole nitrogens is 1. The Kier molecular flexibility index (Phi) is 6.02. The third-order valence-electron chi connectivity index (χ3n) is 2.79. The quantitative estimate of drug-likeness (QED) is 0.544. The lowest BCUT2D eigenvalue weighted by molar-refractivity contribution is 0.102. The molecule has 0 saturated carbocycles. The first-order valence-corrected chi connectivity index (χ1v) is 9.43. The van der Waals surface area contributed by atoms with Crippen molar-refractivity contribution in [3.8, 4) is 0 Å². The predicted molar refractivity (Wildman–Crippen MR) is 92.7 cm³/mol. The van der Waals surface area contributed by atoms with E-state index in [0.717, 1.165) is 21.1 Å². The summed E-state index contributed by atoms with van der Waals surface area (Å²) in [5.74, 6) is 0.365. The summed E-state index contributed by atoms with van der Waals surface area (Å²) in [7, 11) is 1.39. The SMILES string of the molecule is CCCSc1nnc(SCC(=O)c2c(N)n(C)c(=O)[nH]c2=O)s1. The highest BCUT2D eigenvalue weighted by Crippen LogP contribution is 2.29. The van der Waals surface area contributed by atoms with Gasteiger partial charge in [0.15, 0.2) is 14.5 Å². The summed E-state index contributed by atoms with van der Waals surface area (Å²) >= 11 is 4.21. The lowest BCUT2D eigenvalue weighted by Gasteiger charge is -2.06. The first kappa shape index (κ1) is 17.8. The molecule has 0 fully saturated rings. The molecule has 0 aliphatic heterocycles. The molecule has 2 aromatic rings. The number of aromatic amines is 1. The van der Waals surface area contributed by atoms with Crippen LogP contribution in [0.4, 0.5) is 5.82 Å². The smallest absolute Gasteiger partial charge is 0.329 e. The second-order valence-electron chi connectivity index (χ2n) is 4.47. The lowest BCUT2D eigenvalue weighted by atomic mass is 10.2. The fraction of sp³-hybridized carbons (Fsp3) is 0.417. The molecule has 0 amide bonds. The first-order chi connectivity index (χ1) is 10.9. The third kappa shape index (κ3) is 4.24. The number of Topliss-reactive ketones (excluding diaryl/α,β-unsaturated/α-hetero) is 1. The van der Waals surface area contributed by atoms with Crippen LogP contribution in [0.15, 0.2) is 18.3 Å². The van der Waals surface area contributed by atoms with Crippen molar-refractivity contribution in [2.45, 2.75) is 22.0 Å². The van der Waals surface area contributed by atoms with E-state index in [2.05, 4.69) is 22.1 Å². The van der Waals surface area contributed by atoms with Crippen LogP contribution in [0, 0.1) is 0 Å². The number of hydrogen-bond donors (Lipinski definition) is 2. The highest BCUT2D eigenvalue weighted by molar-refractivity contribution is 8.03. The number of thioether (sulfide) groups is 2. The maximum absolute atomic E-state index is 12.2. The number of hydrogen-bond acceptors (Lipinski definition) is 9. The first-order valence-electron chi connectivity index (χ1n) is 6.65. The molecule has 2 rings (SSSR count). The van der Waals surface area contributed by atoms with Crippen LogP contribution in [0.3, 0.4) is 0 Å². The van der Waals surface area contributed by atoms with Crippen LogP contribution >= 0.6 is 34.9 Å². The monoisotopic (exact) mass is 373 g/mol. The van der Waals surface area contributed by atoms with E-state index in [1.165, 1.54) is 30.1 Å². The van der Waals surface area contributed by atoms with Crippen molar-refractivity contribution < 1.29 is 4.79 Å². The molecule has 2 aromatic heterocycles. The molecule has 0 aliphatic rings. The summed E-state index contributed by atoms with van der Waals surface area (Å²) in [4.78, 5) is 37.5. The van der Waals surface area contributed by atoms with Crippen molar-refractivity contribution in [3.63, 3.8) is 0 Å². The maximum Gasteiger partial charge on any atom is 0.329 e. The standard InChI is InChI=1S/C12H15N5O3S3/c1-3-4-21-11-15-16-12(23-11)22-5-6(18)7-8(13)17(2)10(20)14-9(7)19/h3-5,13H2,1-2H3,(H,14,19,20). The number of rotatable bonds is 7. The van der Waals surface area contributed by atoms with Crippen LogP contribution in [0.5, 0.6) is 0 Å². The minimum Gasteiger partial charge on any atom is -0.384 e. The Morgan fingerprint density at radius 2 is 1.96 bits per heavy atom. The highest BCUT2D eigenvalue weighted by Gasteiger charge is 2.19. The van der Waals surface area contributed by atoms with Crippen LogP contribution < -0.4 is 17.0 Å². The van der Waals surface area contributed by atoms with Crippen molar-refractivity contribution in [2.75, 3.05) is 17.2 Å². The van der Waals surface area contributed by atoms with E-state index in [4.69, 9.17) is 5.73 Å². The number of nitrogens with one attached hydrogen (secondary N) is 1. The van der Waals surface area contributed by atoms with Crippen molar-refractivity contribution in [2.24, 2.45) is 7.05 Å². The molecule has 124 valence electrons. The molecular weight excluding hydrogens is 358 g/mol. The molecular formula is C12H15N5O3S3. The summed E-state index contributed by atoms with van der Waals surface area (Å²) in [6, 6.07) is 0. The fourth-order valence-corrected chi connectivity index (χ4v) is 4.43. The van der Waals surface area contributed by atoms with E-state index in [9.17, 15) is 14.4 Å². The van der Waals surface area contributed by atoms with Crippen LogP contribution in [-0.4, -0.2) is 37.0 Å². The number of nitrogen functional groups attached to an aromatic ring is 1. The largest absolute Gasteiger partial charge is 0.384 e. The molecule has 0 unspecified atom stereocenters. The zero-order valence-corrected chi connectivity index (χ0v) is 14.9. The zero-order valence-electron chi connectivity index (χ0n) is 12.5. The van der Waals surface area contributed by atoms with E-state index in [-0.39, 0.29) is 17.1 Å². The fourth-order valence-electron chi connectivity index (χ4n) is 1.61. The Morgan fingerprint density at radius 3 is 2.61 bits per heavy atom. The molecule has 0 spiro atoms. The van der Waals surface area contributed by atoms with E-state index < -0.39 is 17.0 Å². The van der Waals surface area contributed by atoms with Crippen LogP contribution in [0.25, 0.3) is 0 Å². The van der Waals surface area contributed by atoms with Crippen LogP contribution in [0.2, 0.25) is 0 Å². The van der Waals surface area contributed by atoms with E-state index >= 15 is 0 Å². The third-order valence-corrected chi connectivity index (χ3v) is 6.19. The van der Waals surface area contributed by atoms with Crippen molar-refractivity contribution in [1.82, 2.24) is 19.7 Å². The van der Waals surface area contributed by atoms with E-state index in [1.54, 1.807) is 11.8 Å². The highest BCUT2D eigenvalue weighted by atomic mass is 32.2. The second-order valence-corrected chi connectivity index (χ2v) is 8.01. The number of carbonyl (C=O) groups excluding carboxylic acids is 1. The summed E-state index contributed by atoms with van der Waals surface area (Å²) in [6.07, 6.45) is 1.04.